The van der Waals surface area contributed by atoms with E-state index in [1.165, 1.54) is 0 Å². The predicted molar refractivity (Wildman–Crippen MR) is 134 cm³/mol. The van der Waals surface area contributed by atoms with Gasteiger partial charge in [0.05, 0.1) is 19.6 Å². The summed E-state index contributed by atoms with van der Waals surface area (Å²) in [5.41, 5.74) is 1.42. The maximum absolute atomic E-state index is 13.0. The minimum Gasteiger partial charge on any atom is -0.497 e. The lowest BCUT2D eigenvalue weighted by atomic mass is 9.66. The summed E-state index contributed by atoms with van der Waals surface area (Å²) in [6.45, 7) is 1.59. The Kier molecular flexibility index (Phi) is 5.97. The van der Waals surface area contributed by atoms with Gasteiger partial charge >= 0.3 is 11.9 Å². The van der Waals surface area contributed by atoms with E-state index in [1.54, 1.807) is 7.11 Å². The summed E-state index contributed by atoms with van der Waals surface area (Å²) in [5.74, 6) is -3.34. The van der Waals surface area contributed by atoms with Crippen molar-refractivity contribution in [1.29, 1.82) is 0 Å². The number of ether oxygens (including phenoxy) is 4. The van der Waals surface area contributed by atoms with Crippen molar-refractivity contribution in [2.45, 2.75) is 36.9 Å². The van der Waals surface area contributed by atoms with Gasteiger partial charge in [-0.25, -0.2) is 9.59 Å². The topological polar surface area (TPSA) is 74.3 Å². The minimum atomic E-state index is -1.48. The maximum atomic E-state index is 13.0. The Bertz CT molecular complexity index is 1230. The molecule has 4 aliphatic rings. The van der Waals surface area contributed by atoms with Crippen molar-refractivity contribution < 1.29 is 28.5 Å². The molecule has 4 aliphatic heterocycles. The number of benzene rings is 3. The standard InChI is InChI=1S/C30H29NO6/c1-34-25-14-12-21(13-15-25)20-35-30-24-16-18-31(19-17-24)29(30,36-27(32)28(33)37-30)26(22-8-4-2-5-9-22)23-10-6-3-7-11-23/h2-15,24,26H,16-20H2,1H3. The van der Waals surface area contributed by atoms with Gasteiger partial charge in [-0.1, -0.05) is 72.8 Å². The summed E-state index contributed by atoms with van der Waals surface area (Å²) in [5, 5.41) is 0. The van der Waals surface area contributed by atoms with Gasteiger partial charge in [0.15, 0.2) is 0 Å². The summed E-state index contributed by atoms with van der Waals surface area (Å²) in [7, 11) is 1.62. The second kappa shape index (κ2) is 9.32. The molecular formula is C30H29NO6. The quantitative estimate of drug-likeness (QED) is 0.355. The molecule has 2 unspecified atom stereocenters. The Balaban J connectivity index is 1.52. The fraction of sp³-hybridized carbons (Fsp3) is 0.333. The number of piperidine rings is 3. The zero-order chi connectivity index (χ0) is 25.5. The SMILES string of the molecule is COc1ccc(COC23OC(=O)C(=O)OC2(C(c2ccccc2)c2ccccc2)N2CCC3CC2)cc1. The van der Waals surface area contributed by atoms with Gasteiger partial charge in [0.1, 0.15) is 5.75 Å². The molecule has 4 saturated heterocycles. The summed E-state index contributed by atoms with van der Waals surface area (Å²) in [4.78, 5) is 28.0. The number of rotatable bonds is 7. The molecule has 2 atom stereocenters. The molecule has 0 aromatic heterocycles. The molecule has 7 rings (SSSR count). The first-order valence-electron chi connectivity index (χ1n) is 12.7. The van der Waals surface area contributed by atoms with Crippen LogP contribution >= 0.6 is 0 Å². The van der Waals surface area contributed by atoms with Crippen LogP contribution in [0.5, 0.6) is 5.75 Å². The molecule has 3 aromatic carbocycles. The van der Waals surface area contributed by atoms with Crippen molar-refractivity contribution >= 4 is 11.9 Å². The van der Waals surface area contributed by atoms with Crippen molar-refractivity contribution in [3.63, 3.8) is 0 Å². The highest BCUT2D eigenvalue weighted by molar-refractivity contribution is 6.30. The molecule has 37 heavy (non-hydrogen) atoms. The van der Waals surface area contributed by atoms with Crippen molar-refractivity contribution in [3.05, 3.63) is 102 Å². The lowest BCUT2D eigenvalue weighted by molar-refractivity contribution is -0.417. The third-order valence-corrected chi connectivity index (χ3v) is 7.93. The molecule has 4 fully saturated rings. The first-order valence-corrected chi connectivity index (χ1v) is 12.7. The number of fused-ring (bicyclic) bond motifs is 2. The monoisotopic (exact) mass is 499 g/mol. The van der Waals surface area contributed by atoms with Crippen molar-refractivity contribution in [1.82, 2.24) is 4.90 Å². The summed E-state index contributed by atoms with van der Waals surface area (Å²) in [6.07, 6.45) is 1.54. The molecule has 3 aromatic rings. The molecular weight excluding hydrogens is 470 g/mol. The van der Waals surface area contributed by atoms with E-state index in [2.05, 4.69) is 4.90 Å². The van der Waals surface area contributed by atoms with Crippen LogP contribution in [0, 0.1) is 5.92 Å². The highest BCUT2D eigenvalue weighted by atomic mass is 16.8. The third-order valence-electron chi connectivity index (χ3n) is 7.93. The van der Waals surface area contributed by atoms with Crippen LogP contribution in [0.4, 0.5) is 0 Å². The largest absolute Gasteiger partial charge is 0.497 e. The first-order chi connectivity index (χ1) is 18.1. The van der Waals surface area contributed by atoms with Gasteiger partial charge in [0.25, 0.3) is 5.79 Å². The highest BCUT2D eigenvalue weighted by Gasteiger charge is 2.76. The van der Waals surface area contributed by atoms with Crippen LogP contribution in [0.15, 0.2) is 84.9 Å². The Hall–Kier alpha value is -3.68. The number of methoxy groups -OCH3 is 1. The van der Waals surface area contributed by atoms with E-state index >= 15 is 0 Å². The lowest BCUT2D eigenvalue weighted by Crippen LogP contribution is -2.82. The molecule has 4 heterocycles. The molecule has 2 bridgehead atoms. The predicted octanol–water partition coefficient (Wildman–Crippen LogP) is 4.26. The Morgan fingerprint density at radius 2 is 1.41 bits per heavy atom. The minimum absolute atomic E-state index is 0.136. The van der Waals surface area contributed by atoms with E-state index in [0.717, 1.165) is 35.3 Å². The average molecular weight is 500 g/mol. The smallest absolute Gasteiger partial charge is 0.420 e. The van der Waals surface area contributed by atoms with E-state index in [1.807, 2.05) is 84.9 Å². The van der Waals surface area contributed by atoms with Crippen molar-refractivity contribution in [2.75, 3.05) is 20.2 Å². The number of esters is 2. The Morgan fingerprint density at radius 3 is 1.97 bits per heavy atom. The molecule has 0 spiro atoms. The zero-order valence-corrected chi connectivity index (χ0v) is 20.7. The number of carbonyl (C=O) groups is 2. The molecule has 0 amide bonds. The van der Waals surface area contributed by atoms with Gasteiger partial charge in [-0.15, -0.1) is 0 Å². The highest BCUT2D eigenvalue weighted by Crippen LogP contribution is 2.59. The fourth-order valence-electron chi connectivity index (χ4n) is 6.30. The summed E-state index contributed by atoms with van der Waals surface area (Å²) >= 11 is 0. The van der Waals surface area contributed by atoms with Crippen molar-refractivity contribution in [2.24, 2.45) is 5.92 Å². The van der Waals surface area contributed by atoms with Crippen LogP contribution < -0.4 is 4.74 Å². The molecule has 7 nitrogen and oxygen atoms in total. The summed E-state index contributed by atoms with van der Waals surface area (Å²) < 4.78 is 24.4. The van der Waals surface area contributed by atoms with Crippen molar-refractivity contribution in [3.8, 4) is 5.75 Å². The second-order valence-corrected chi connectivity index (χ2v) is 9.80. The van der Waals surface area contributed by atoms with Gasteiger partial charge in [-0.3, -0.25) is 4.90 Å². The van der Waals surface area contributed by atoms with Crippen LogP contribution in [0.3, 0.4) is 0 Å². The van der Waals surface area contributed by atoms with E-state index in [4.69, 9.17) is 18.9 Å². The zero-order valence-electron chi connectivity index (χ0n) is 20.7. The van der Waals surface area contributed by atoms with Gasteiger partial charge in [0, 0.05) is 19.0 Å². The van der Waals surface area contributed by atoms with E-state index in [-0.39, 0.29) is 12.5 Å². The molecule has 190 valence electrons. The van der Waals surface area contributed by atoms with Gasteiger partial charge in [0.2, 0.25) is 5.72 Å². The average Bonchev–Trinajstić information content (AvgIpc) is 2.95. The normalized spacial score (nSPS) is 28.4. The maximum Gasteiger partial charge on any atom is 0.420 e. The summed E-state index contributed by atoms with van der Waals surface area (Å²) in [6, 6.07) is 27.4. The molecule has 0 saturated carbocycles. The van der Waals surface area contributed by atoms with Crippen LogP contribution in [0.2, 0.25) is 0 Å². The molecule has 0 radical (unpaired) electrons. The van der Waals surface area contributed by atoms with Crippen LogP contribution in [0.25, 0.3) is 0 Å². The van der Waals surface area contributed by atoms with Crippen LogP contribution in [-0.2, 0) is 30.4 Å². The Labute approximate surface area is 215 Å². The molecule has 7 heteroatoms. The van der Waals surface area contributed by atoms with Gasteiger partial charge in [-0.2, -0.15) is 0 Å². The Morgan fingerprint density at radius 1 is 0.838 bits per heavy atom. The molecule has 0 N–H and O–H groups in total. The third kappa shape index (κ3) is 3.72. The fourth-order valence-corrected chi connectivity index (χ4v) is 6.30. The van der Waals surface area contributed by atoms with E-state index < -0.39 is 29.4 Å². The first kappa shape index (κ1) is 23.7. The number of hydrogen-bond donors (Lipinski definition) is 0. The molecule has 0 aliphatic carbocycles. The lowest BCUT2D eigenvalue weighted by Gasteiger charge is -2.65. The van der Waals surface area contributed by atoms with Gasteiger partial charge < -0.3 is 18.9 Å². The van der Waals surface area contributed by atoms with Gasteiger partial charge in [-0.05, 0) is 41.7 Å². The number of carbonyl (C=O) groups excluding carboxylic acids is 2. The second-order valence-electron chi connectivity index (χ2n) is 9.80. The van der Waals surface area contributed by atoms with E-state index in [0.29, 0.717) is 13.1 Å². The number of hydrogen-bond acceptors (Lipinski definition) is 7. The van der Waals surface area contributed by atoms with E-state index in [9.17, 15) is 9.59 Å². The number of nitrogens with zero attached hydrogens (tertiary/aromatic N) is 1. The van der Waals surface area contributed by atoms with Crippen LogP contribution in [0.1, 0.15) is 35.4 Å². The van der Waals surface area contributed by atoms with Crippen LogP contribution in [-0.4, -0.2) is 48.5 Å².